The summed E-state index contributed by atoms with van der Waals surface area (Å²) in [6, 6.07) is 22.6. The second kappa shape index (κ2) is 7.89. The quantitative estimate of drug-likeness (QED) is 0.596. The summed E-state index contributed by atoms with van der Waals surface area (Å²) < 4.78 is 0. The van der Waals surface area contributed by atoms with Crippen LogP contribution in [0.15, 0.2) is 78.9 Å². The van der Waals surface area contributed by atoms with E-state index in [2.05, 4.69) is 0 Å². The van der Waals surface area contributed by atoms with Gasteiger partial charge >= 0.3 is 0 Å². The average Bonchev–Trinajstić information content (AvgIpc) is 2.99. The van der Waals surface area contributed by atoms with Crippen LogP contribution in [0.4, 0.5) is 5.69 Å². The minimum atomic E-state index is -0.339. The summed E-state index contributed by atoms with van der Waals surface area (Å²) in [6.45, 7) is 0.258. The maximum Gasteiger partial charge on any atom is 0.261 e. The lowest BCUT2D eigenvalue weighted by Crippen LogP contribution is -2.41. The first kappa shape index (κ1) is 18.9. The van der Waals surface area contributed by atoms with Gasteiger partial charge in [0.2, 0.25) is 0 Å². The van der Waals surface area contributed by atoms with E-state index in [1.54, 1.807) is 53.4 Å². The van der Waals surface area contributed by atoms with Gasteiger partial charge in [0.15, 0.2) is 0 Å². The van der Waals surface area contributed by atoms with Crippen LogP contribution in [0, 0.1) is 0 Å². The van der Waals surface area contributed by atoms with E-state index < -0.39 is 0 Å². The number of fused-ring (bicyclic) bond motifs is 1. The second-order valence-electron chi connectivity index (χ2n) is 6.61. The van der Waals surface area contributed by atoms with Gasteiger partial charge in [-0.1, -0.05) is 48.0 Å². The number of anilines is 1. The Bertz CT molecular complexity index is 1060. The van der Waals surface area contributed by atoms with Crippen molar-refractivity contribution >= 4 is 35.0 Å². The first-order valence-corrected chi connectivity index (χ1v) is 9.52. The summed E-state index contributed by atoms with van der Waals surface area (Å²) in [5.41, 5.74) is 1.90. The summed E-state index contributed by atoms with van der Waals surface area (Å²) in [6.07, 6.45) is 0. The molecule has 3 amide bonds. The third-order valence-corrected chi connectivity index (χ3v) is 5.05. The fraction of sp³-hybridized carbons (Fsp3) is 0.0870. The molecule has 144 valence electrons. The minimum absolute atomic E-state index is 0.0908. The number of carbonyl (C=O) groups is 3. The van der Waals surface area contributed by atoms with Gasteiger partial charge in [-0.25, -0.2) is 0 Å². The van der Waals surface area contributed by atoms with Crippen LogP contribution >= 0.6 is 11.6 Å². The summed E-state index contributed by atoms with van der Waals surface area (Å²) >= 11 is 6.04. The number of amides is 3. The van der Waals surface area contributed by atoms with Gasteiger partial charge in [0.1, 0.15) is 0 Å². The Kier molecular flexibility index (Phi) is 5.14. The Morgan fingerprint density at radius 1 is 0.828 bits per heavy atom. The van der Waals surface area contributed by atoms with E-state index in [0.29, 0.717) is 27.4 Å². The Balaban J connectivity index is 1.60. The molecular weight excluding hydrogens is 388 g/mol. The average molecular weight is 405 g/mol. The molecule has 5 nitrogen and oxygen atoms in total. The second-order valence-corrected chi connectivity index (χ2v) is 7.05. The predicted octanol–water partition coefficient (Wildman–Crippen LogP) is 4.28. The minimum Gasteiger partial charge on any atom is -0.307 e. The number of imide groups is 1. The molecular formula is C23H17ClN2O3. The van der Waals surface area contributed by atoms with Gasteiger partial charge in [-0.2, -0.15) is 0 Å². The van der Waals surface area contributed by atoms with Crippen LogP contribution in [-0.2, 0) is 0 Å². The predicted molar refractivity (Wildman–Crippen MR) is 111 cm³/mol. The molecule has 0 saturated heterocycles. The van der Waals surface area contributed by atoms with Crippen LogP contribution in [0.2, 0.25) is 5.02 Å². The molecule has 3 aromatic carbocycles. The first-order chi connectivity index (χ1) is 14.1. The van der Waals surface area contributed by atoms with Gasteiger partial charge in [-0.05, 0) is 42.5 Å². The molecule has 0 aliphatic carbocycles. The molecule has 3 aromatic rings. The number of hydrogen-bond acceptors (Lipinski definition) is 3. The third-order valence-electron chi connectivity index (χ3n) is 4.81. The van der Waals surface area contributed by atoms with Crippen molar-refractivity contribution in [3.63, 3.8) is 0 Å². The fourth-order valence-electron chi connectivity index (χ4n) is 3.38. The number of para-hydroxylation sites is 1. The maximum atomic E-state index is 13.2. The first-order valence-electron chi connectivity index (χ1n) is 9.14. The van der Waals surface area contributed by atoms with Gasteiger partial charge in [-0.3, -0.25) is 19.3 Å². The molecule has 0 fully saturated rings. The summed E-state index contributed by atoms with van der Waals surface area (Å²) in [5, 5.41) is 0.462. The van der Waals surface area contributed by atoms with Crippen LogP contribution in [0.1, 0.15) is 31.1 Å². The number of halogens is 1. The van der Waals surface area contributed by atoms with Gasteiger partial charge in [-0.15, -0.1) is 0 Å². The number of carbonyl (C=O) groups excluding carboxylic acids is 3. The molecule has 1 heterocycles. The monoisotopic (exact) mass is 404 g/mol. The Morgan fingerprint density at radius 2 is 1.45 bits per heavy atom. The van der Waals surface area contributed by atoms with Crippen molar-refractivity contribution in [1.29, 1.82) is 0 Å². The fourth-order valence-corrected chi connectivity index (χ4v) is 3.57. The van der Waals surface area contributed by atoms with E-state index in [1.807, 2.05) is 30.3 Å². The van der Waals surface area contributed by atoms with Gasteiger partial charge in [0, 0.05) is 29.4 Å². The van der Waals surface area contributed by atoms with Gasteiger partial charge < -0.3 is 4.90 Å². The molecule has 0 unspecified atom stereocenters. The Hall–Kier alpha value is -3.44. The van der Waals surface area contributed by atoms with Crippen LogP contribution in [0.3, 0.4) is 0 Å². The lowest BCUT2D eigenvalue weighted by Gasteiger charge is -2.25. The van der Waals surface area contributed by atoms with Crippen molar-refractivity contribution in [2.75, 3.05) is 18.0 Å². The third kappa shape index (κ3) is 3.65. The zero-order valence-corrected chi connectivity index (χ0v) is 16.2. The SMILES string of the molecule is O=C1c2ccccc2C(=O)N1CCN(C(=O)c1cccc(Cl)c1)c1ccccc1. The van der Waals surface area contributed by atoms with Crippen LogP contribution in [-0.4, -0.2) is 35.7 Å². The topological polar surface area (TPSA) is 57.7 Å². The van der Waals surface area contributed by atoms with Crippen molar-refractivity contribution in [3.05, 3.63) is 101 Å². The van der Waals surface area contributed by atoms with E-state index in [0.717, 1.165) is 0 Å². The number of hydrogen-bond donors (Lipinski definition) is 0. The Labute approximate surface area is 173 Å². The van der Waals surface area contributed by atoms with Crippen molar-refractivity contribution in [1.82, 2.24) is 4.90 Å². The van der Waals surface area contributed by atoms with E-state index in [9.17, 15) is 14.4 Å². The number of nitrogens with zero attached hydrogens (tertiary/aromatic N) is 2. The maximum absolute atomic E-state index is 13.2. The van der Waals surface area contributed by atoms with Crippen molar-refractivity contribution < 1.29 is 14.4 Å². The molecule has 0 saturated carbocycles. The van der Waals surface area contributed by atoms with E-state index in [1.165, 1.54) is 4.90 Å². The summed E-state index contributed by atoms with van der Waals surface area (Å²) in [5.74, 6) is -0.932. The smallest absolute Gasteiger partial charge is 0.261 e. The molecule has 0 radical (unpaired) electrons. The molecule has 1 aliphatic rings. The molecule has 0 aromatic heterocycles. The molecule has 0 bridgehead atoms. The largest absolute Gasteiger partial charge is 0.307 e. The van der Waals surface area contributed by atoms with Gasteiger partial charge in [0.05, 0.1) is 11.1 Å². The summed E-state index contributed by atoms with van der Waals surface area (Å²) in [7, 11) is 0. The molecule has 4 rings (SSSR count). The lowest BCUT2D eigenvalue weighted by molar-refractivity contribution is 0.0654. The van der Waals surface area contributed by atoms with E-state index >= 15 is 0 Å². The highest BCUT2D eigenvalue weighted by Gasteiger charge is 2.35. The Morgan fingerprint density at radius 3 is 2.07 bits per heavy atom. The van der Waals surface area contributed by atoms with E-state index in [-0.39, 0.29) is 30.8 Å². The lowest BCUT2D eigenvalue weighted by atomic mass is 10.1. The molecule has 0 spiro atoms. The van der Waals surface area contributed by atoms with E-state index in [4.69, 9.17) is 11.6 Å². The summed E-state index contributed by atoms with van der Waals surface area (Å²) in [4.78, 5) is 41.1. The zero-order chi connectivity index (χ0) is 20.4. The normalized spacial score (nSPS) is 12.8. The van der Waals surface area contributed by atoms with Gasteiger partial charge in [0.25, 0.3) is 17.7 Å². The van der Waals surface area contributed by atoms with Crippen molar-refractivity contribution in [2.45, 2.75) is 0 Å². The molecule has 1 aliphatic heterocycles. The molecule has 6 heteroatoms. The van der Waals surface area contributed by atoms with Crippen molar-refractivity contribution in [3.8, 4) is 0 Å². The highest BCUT2D eigenvalue weighted by molar-refractivity contribution is 6.31. The highest BCUT2D eigenvalue weighted by atomic mass is 35.5. The van der Waals surface area contributed by atoms with Crippen LogP contribution in [0.5, 0.6) is 0 Å². The number of rotatable bonds is 5. The van der Waals surface area contributed by atoms with Crippen molar-refractivity contribution in [2.24, 2.45) is 0 Å². The standard InChI is InChI=1S/C23H17ClN2O3/c24-17-8-6-7-16(15-17)21(27)25(18-9-2-1-3-10-18)13-14-26-22(28)19-11-4-5-12-20(19)23(26)29/h1-12,15H,13-14H2. The molecule has 0 atom stereocenters. The van der Waals surface area contributed by atoms with Crippen LogP contribution < -0.4 is 4.90 Å². The van der Waals surface area contributed by atoms with Crippen LogP contribution in [0.25, 0.3) is 0 Å². The molecule has 0 N–H and O–H groups in total. The number of benzene rings is 3. The zero-order valence-electron chi connectivity index (χ0n) is 15.4. The molecule has 29 heavy (non-hydrogen) atoms. The highest BCUT2D eigenvalue weighted by Crippen LogP contribution is 2.24.